The predicted octanol–water partition coefficient (Wildman–Crippen LogP) is 6.10. The highest BCUT2D eigenvalue weighted by Crippen LogP contribution is 2.31. The number of rotatable bonds is 4. The Balaban J connectivity index is 2.13. The highest BCUT2D eigenvalue weighted by Gasteiger charge is 2.17. The minimum Gasteiger partial charge on any atom is -0.497 e. The van der Waals surface area contributed by atoms with Gasteiger partial charge in [0.2, 0.25) is 0 Å². The van der Waals surface area contributed by atoms with Crippen molar-refractivity contribution in [2.75, 3.05) is 7.11 Å². The quantitative estimate of drug-likeness (QED) is 0.426. The molecule has 0 amide bonds. The number of fused-ring (bicyclic) bond motifs is 1. The van der Waals surface area contributed by atoms with Crippen molar-refractivity contribution in [3.8, 4) is 22.7 Å². The summed E-state index contributed by atoms with van der Waals surface area (Å²) in [5, 5.41) is 0.754. The molecule has 3 nitrogen and oxygen atoms in total. The zero-order chi connectivity index (χ0) is 20.5. The van der Waals surface area contributed by atoms with Crippen LogP contribution in [0.3, 0.4) is 0 Å². The van der Waals surface area contributed by atoms with Crippen molar-refractivity contribution in [1.82, 2.24) is 4.57 Å². The topological polar surface area (TPSA) is 31.2 Å². The number of benzene rings is 3. The first-order valence-corrected chi connectivity index (χ1v) is 9.90. The van der Waals surface area contributed by atoms with Gasteiger partial charge in [0.1, 0.15) is 5.75 Å². The van der Waals surface area contributed by atoms with Gasteiger partial charge in [-0.25, -0.2) is 0 Å². The van der Waals surface area contributed by atoms with Crippen LogP contribution in [0.5, 0.6) is 5.75 Å². The second-order valence-electron chi connectivity index (χ2n) is 7.63. The van der Waals surface area contributed by atoms with Gasteiger partial charge in [-0.1, -0.05) is 50.2 Å². The maximum absolute atomic E-state index is 13.3. The van der Waals surface area contributed by atoms with Crippen molar-refractivity contribution < 1.29 is 4.74 Å². The van der Waals surface area contributed by atoms with E-state index >= 15 is 0 Å². The van der Waals surface area contributed by atoms with E-state index in [1.165, 1.54) is 5.56 Å². The van der Waals surface area contributed by atoms with Crippen LogP contribution in [0.15, 0.2) is 77.6 Å². The minimum atomic E-state index is 0.0890. The largest absolute Gasteiger partial charge is 0.497 e. The van der Waals surface area contributed by atoms with E-state index in [9.17, 15) is 4.79 Å². The number of nitrogens with zero attached hydrogens (tertiary/aromatic N) is 1. The van der Waals surface area contributed by atoms with Gasteiger partial charge >= 0.3 is 0 Å². The van der Waals surface area contributed by atoms with E-state index in [2.05, 4.69) is 42.7 Å². The van der Waals surface area contributed by atoms with Crippen molar-refractivity contribution in [1.29, 1.82) is 0 Å². The molecule has 4 rings (SSSR count). The molecular weight excluding hydrogens is 358 g/mol. The Morgan fingerprint density at radius 3 is 2.21 bits per heavy atom. The predicted molar refractivity (Wildman–Crippen MR) is 120 cm³/mol. The van der Waals surface area contributed by atoms with E-state index < -0.39 is 0 Å². The maximum atomic E-state index is 13.3. The molecule has 29 heavy (non-hydrogen) atoms. The molecule has 0 aliphatic rings. The summed E-state index contributed by atoms with van der Waals surface area (Å²) in [6.07, 6.45) is 0. The summed E-state index contributed by atoms with van der Waals surface area (Å²) in [6.45, 7) is 6.22. The Hall–Kier alpha value is -3.33. The molecule has 3 aromatic carbocycles. The molecule has 0 saturated heterocycles. The molecule has 0 saturated carbocycles. The monoisotopic (exact) mass is 383 g/mol. The molecule has 0 spiro atoms. The third kappa shape index (κ3) is 3.33. The highest BCUT2D eigenvalue weighted by molar-refractivity contribution is 5.87. The number of pyridine rings is 1. The third-order valence-electron chi connectivity index (χ3n) is 5.47. The van der Waals surface area contributed by atoms with Crippen LogP contribution in [0.4, 0.5) is 0 Å². The Labute approximate surface area is 171 Å². The standard InChI is InChI=1S/C26H25NO2/c1-17(2)20-10-15-24-23(16-20)26(28)18(3)25(19-8-6-5-7-9-19)27(24)21-11-13-22(29-4)14-12-21/h5-17H,1-4H3. The van der Waals surface area contributed by atoms with E-state index in [4.69, 9.17) is 4.74 Å². The SMILES string of the molecule is COc1ccc(-n2c(-c3ccccc3)c(C)c(=O)c3cc(C(C)C)ccc32)cc1. The van der Waals surface area contributed by atoms with E-state index in [1.807, 2.05) is 55.5 Å². The fourth-order valence-electron chi connectivity index (χ4n) is 3.83. The van der Waals surface area contributed by atoms with Crippen LogP contribution < -0.4 is 10.2 Å². The first-order chi connectivity index (χ1) is 14.0. The van der Waals surface area contributed by atoms with Gasteiger partial charge < -0.3 is 9.30 Å². The van der Waals surface area contributed by atoms with Gasteiger partial charge in [-0.3, -0.25) is 4.79 Å². The molecule has 1 heterocycles. The molecule has 3 heteroatoms. The van der Waals surface area contributed by atoms with Crippen molar-refractivity contribution in [3.63, 3.8) is 0 Å². The molecule has 0 aliphatic heterocycles. The lowest BCUT2D eigenvalue weighted by Gasteiger charge is -2.21. The summed E-state index contributed by atoms with van der Waals surface area (Å²) >= 11 is 0. The molecule has 0 aliphatic carbocycles. The molecule has 0 bridgehead atoms. The lowest BCUT2D eigenvalue weighted by Crippen LogP contribution is -2.16. The van der Waals surface area contributed by atoms with Gasteiger partial charge in [-0.2, -0.15) is 0 Å². The number of hydrogen-bond donors (Lipinski definition) is 0. The average Bonchev–Trinajstić information content (AvgIpc) is 2.76. The Morgan fingerprint density at radius 1 is 0.897 bits per heavy atom. The minimum absolute atomic E-state index is 0.0890. The van der Waals surface area contributed by atoms with Crippen LogP contribution in [0, 0.1) is 6.92 Å². The van der Waals surface area contributed by atoms with Gasteiger partial charge in [0, 0.05) is 16.6 Å². The summed E-state index contributed by atoms with van der Waals surface area (Å²) < 4.78 is 7.52. The van der Waals surface area contributed by atoms with Crippen molar-refractivity contribution >= 4 is 10.9 Å². The summed E-state index contributed by atoms with van der Waals surface area (Å²) in [6, 6.07) is 24.3. The summed E-state index contributed by atoms with van der Waals surface area (Å²) in [5.74, 6) is 1.17. The fourth-order valence-corrected chi connectivity index (χ4v) is 3.83. The number of methoxy groups -OCH3 is 1. The van der Waals surface area contributed by atoms with E-state index in [-0.39, 0.29) is 5.43 Å². The van der Waals surface area contributed by atoms with Gasteiger partial charge in [0.25, 0.3) is 0 Å². The summed E-state index contributed by atoms with van der Waals surface area (Å²) in [7, 11) is 1.66. The number of hydrogen-bond acceptors (Lipinski definition) is 2. The smallest absolute Gasteiger partial charge is 0.192 e. The second-order valence-corrected chi connectivity index (χ2v) is 7.63. The third-order valence-corrected chi connectivity index (χ3v) is 5.47. The van der Waals surface area contributed by atoms with Crippen LogP contribution in [-0.2, 0) is 0 Å². The Bertz CT molecular complexity index is 1220. The van der Waals surface area contributed by atoms with Gasteiger partial charge in [-0.15, -0.1) is 0 Å². The normalized spacial score (nSPS) is 11.2. The van der Waals surface area contributed by atoms with E-state index in [1.54, 1.807) is 7.11 Å². The molecule has 0 N–H and O–H groups in total. The lowest BCUT2D eigenvalue weighted by molar-refractivity contribution is 0.415. The molecule has 1 aromatic heterocycles. The average molecular weight is 383 g/mol. The molecular formula is C26H25NO2. The number of aromatic nitrogens is 1. The zero-order valence-electron chi connectivity index (χ0n) is 17.3. The van der Waals surface area contributed by atoms with Gasteiger partial charge in [-0.05, 0) is 60.4 Å². The Kier molecular flexibility index (Phi) is 4.98. The van der Waals surface area contributed by atoms with Gasteiger partial charge in [0.15, 0.2) is 5.43 Å². The van der Waals surface area contributed by atoms with E-state index in [0.29, 0.717) is 5.92 Å². The van der Waals surface area contributed by atoms with Crippen molar-refractivity contribution in [3.05, 3.63) is 94.1 Å². The molecule has 4 aromatic rings. The number of ether oxygens (including phenoxy) is 1. The van der Waals surface area contributed by atoms with Crippen LogP contribution in [-0.4, -0.2) is 11.7 Å². The summed E-state index contributed by atoms with van der Waals surface area (Å²) in [4.78, 5) is 13.3. The van der Waals surface area contributed by atoms with Crippen molar-refractivity contribution in [2.24, 2.45) is 0 Å². The van der Waals surface area contributed by atoms with Crippen LogP contribution in [0.1, 0.15) is 30.9 Å². The second kappa shape index (κ2) is 7.59. The maximum Gasteiger partial charge on any atom is 0.192 e. The lowest BCUT2D eigenvalue weighted by atomic mass is 9.97. The Morgan fingerprint density at radius 2 is 1.59 bits per heavy atom. The molecule has 0 atom stereocenters. The summed E-state index contributed by atoms with van der Waals surface area (Å²) in [5.41, 5.74) is 5.86. The first-order valence-electron chi connectivity index (χ1n) is 9.90. The van der Waals surface area contributed by atoms with Crippen LogP contribution >= 0.6 is 0 Å². The first kappa shape index (κ1) is 19.0. The molecule has 146 valence electrons. The fraction of sp³-hybridized carbons (Fsp3) is 0.192. The zero-order valence-corrected chi connectivity index (χ0v) is 17.3. The van der Waals surface area contributed by atoms with Gasteiger partial charge in [0.05, 0.1) is 18.3 Å². The molecule has 0 unspecified atom stereocenters. The highest BCUT2D eigenvalue weighted by atomic mass is 16.5. The van der Waals surface area contributed by atoms with Crippen LogP contribution in [0.25, 0.3) is 27.8 Å². The van der Waals surface area contributed by atoms with E-state index in [0.717, 1.165) is 39.2 Å². The van der Waals surface area contributed by atoms with Crippen molar-refractivity contribution in [2.45, 2.75) is 26.7 Å². The molecule has 0 radical (unpaired) electrons. The molecule has 0 fully saturated rings. The van der Waals surface area contributed by atoms with Crippen LogP contribution in [0.2, 0.25) is 0 Å².